The van der Waals surface area contributed by atoms with E-state index in [2.05, 4.69) is 0 Å². The molecule has 0 fully saturated rings. The first kappa shape index (κ1) is 12.1. The van der Waals surface area contributed by atoms with Gasteiger partial charge in [0.1, 0.15) is 5.75 Å². The fraction of sp³-hybridized carbons (Fsp3) is 0.0769. The second-order valence-corrected chi connectivity index (χ2v) is 5.02. The van der Waals surface area contributed by atoms with Crippen molar-refractivity contribution in [2.75, 3.05) is 12.8 Å². The van der Waals surface area contributed by atoms with Crippen molar-refractivity contribution in [3.63, 3.8) is 0 Å². The first-order valence-electron chi connectivity index (χ1n) is 5.06. The zero-order valence-electron chi connectivity index (χ0n) is 9.31. The molecule has 2 nitrogen and oxygen atoms in total. The van der Waals surface area contributed by atoms with E-state index < -0.39 is 0 Å². The molecule has 2 aromatic carbocycles. The minimum absolute atomic E-state index is 0.587. The molecule has 17 heavy (non-hydrogen) atoms. The fourth-order valence-electron chi connectivity index (χ4n) is 1.37. The van der Waals surface area contributed by atoms with Crippen LogP contribution in [0.2, 0.25) is 5.02 Å². The van der Waals surface area contributed by atoms with Gasteiger partial charge in [-0.2, -0.15) is 0 Å². The summed E-state index contributed by atoms with van der Waals surface area (Å²) in [6.07, 6.45) is 0. The molecule has 0 aliphatic heterocycles. The maximum absolute atomic E-state index is 5.87. The predicted molar refractivity (Wildman–Crippen MR) is 73.0 cm³/mol. The van der Waals surface area contributed by atoms with Crippen molar-refractivity contribution in [3.05, 3.63) is 47.5 Å². The minimum Gasteiger partial charge on any atom is -0.497 e. The molecule has 0 heterocycles. The van der Waals surface area contributed by atoms with Crippen LogP contribution in [0.5, 0.6) is 5.75 Å². The second kappa shape index (κ2) is 5.34. The van der Waals surface area contributed by atoms with Gasteiger partial charge in [0.25, 0.3) is 0 Å². The van der Waals surface area contributed by atoms with Gasteiger partial charge in [-0.25, -0.2) is 0 Å². The van der Waals surface area contributed by atoms with Crippen LogP contribution in [0.3, 0.4) is 0 Å². The zero-order chi connectivity index (χ0) is 12.3. The molecule has 0 bridgehead atoms. The third-order valence-electron chi connectivity index (χ3n) is 2.26. The third kappa shape index (κ3) is 3.08. The largest absolute Gasteiger partial charge is 0.497 e. The molecule has 2 N–H and O–H groups in total. The number of methoxy groups -OCH3 is 1. The number of benzene rings is 2. The lowest BCUT2D eigenvalue weighted by molar-refractivity contribution is 0.414. The van der Waals surface area contributed by atoms with Crippen LogP contribution in [0.25, 0.3) is 0 Å². The highest BCUT2D eigenvalue weighted by Gasteiger charge is 2.01. The van der Waals surface area contributed by atoms with Gasteiger partial charge in [-0.15, -0.1) is 0 Å². The van der Waals surface area contributed by atoms with Gasteiger partial charge in [0, 0.05) is 9.79 Å². The summed E-state index contributed by atoms with van der Waals surface area (Å²) in [6, 6.07) is 13.5. The first-order valence-corrected chi connectivity index (χ1v) is 6.25. The molecule has 0 amide bonds. The van der Waals surface area contributed by atoms with Crippen molar-refractivity contribution in [2.24, 2.45) is 0 Å². The molecule has 0 aliphatic carbocycles. The number of anilines is 1. The number of halogens is 1. The standard InChI is InChI=1S/C13H12ClNOS/c1-16-9-2-4-10(5-3-9)17-11-6-7-12(14)13(15)8-11/h2-8H,15H2,1H3. The van der Waals surface area contributed by atoms with Crippen molar-refractivity contribution in [3.8, 4) is 5.75 Å². The van der Waals surface area contributed by atoms with E-state index in [-0.39, 0.29) is 0 Å². The number of rotatable bonds is 3. The Bertz CT molecular complexity index is 513. The quantitative estimate of drug-likeness (QED) is 0.850. The number of ether oxygens (including phenoxy) is 1. The SMILES string of the molecule is COc1ccc(Sc2ccc(Cl)c(N)c2)cc1. The Morgan fingerprint density at radius 1 is 1.06 bits per heavy atom. The molecular formula is C13H12ClNOS. The molecule has 0 saturated heterocycles. The van der Waals surface area contributed by atoms with Gasteiger partial charge in [0.2, 0.25) is 0 Å². The van der Waals surface area contributed by atoms with Crippen LogP contribution < -0.4 is 10.5 Å². The Hall–Kier alpha value is -1.32. The van der Waals surface area contributed by atoms with E-state index in [0.29, 0.717) is 10.7 Å². The second-order valence-electron chi connectivity index (χ2n) is 3.46. The van der Waals surface area contributed by atoms with Gasteiger partial charge < -0.3 is 10.5 Å². The van der Waals surface area contributed by atoms with Crippen LogP contribution in [0.4, 0.5) is 5.69 Å². The van der Waals surface area contributed by atoms with Crippen molar-refractivity contribution >= 4 is 29.1 Å². The van der Waals surface area contributed by atoms with Crippen LogP contribution in [0, 0.1) is 0 Å². The number of hydrogen-bond acceptors (Lipinski definition) is 3. The average molecular weight is 266 g/mol. The van der Waals surface area contributed by atoms with Crippen LogP contribution in [-0.4, -0.2) is 7.11 Å². The van der Waals surface area contributed by atoms with Gasteiger partial charge in [0.05, 0.1) is 17.8 Å². The van der Waals surface area contributed by atoms with Crippen LogP contribution in [-0.2, 0) is 0 Å². The van der Waals surface area contributed by atoms with Crippen LogP contribution in [0.1, 0.15) is 0 Å². The maximum Gasteiger partial charge on any atom is 0.118 e. The van der Waals surface area contributed by atoms with Gasteiger partial charge in [-0.3, -0.25) is 0 Å². The summed E-state index contributed by atoms with van der Waals surface area (Å²) in [4.78, 5) is 2.20. The molecule has 0 unspecified atom stereocenters. The summed E-state index contributed by atoms with van der Waals surface area (Å²) >= 11 is 7.51. The van der Waals surface area contributed by atoms with Gasteiger partial charge in [-0.05, 0) is 42.5 Å². The van der Waals surface area contributed by atoms with Crippen molar-refractivity contribution in [1.29, 1.82) is 0 Å². The Morgan fingerprint density at radius 3 is 2.29 bits per heavy atom. The van der Waals surface area contributed by atoms with Crippen LogP contribution >= 0.6 is 23.4 Å². The predicted octanol–water partition coefficient (Wildman–Crippen LogP) is 4.08. The molecule has 0 atom stereocenters. The maximum atomic E-state index is 5.87. The summed E-state index contributed by atoms with van der Waals surface area (Å²) in [5, 5.41) is 0.587. The molecule has 0 radical (unpaired) electrons. The van der Waals surface area contributed by atoms with E-state index in [0.717, 1.165) is 15.5 Å². The molecular weight excluding hydrogens is 254 g/mol. The Kier molecular flexibility index (Phi) is 3.82. The summed E-state index contributed by atoms with van der Waals surface area (Å²) in [5.41, 5.74) is 6.36. The zero-order valence-corrected chi connectivity index (χ0v) is 10.9. The Balaban J connectivity index is 2.16. The molecule has 4 heteroatoms. The molecule has 0 spiro atoms. The summed E-state index contributed by atoms with van der Waals surface area (Å²) in [6.45, 7) is 0. The third-order valence-corrected chi connectivity index (χ3v) is 3.60. The lowest BCUT2D eigenvalue weighted by Crippen LogP contribution is -1.86. The lowest BCUT2D eigenvalue weighted by atomic mass is 10.3. The van der Waals surface area contributed by atoms with Gasteiger partial charge in [0.15, 0.2) is 0 Å². The van der Waals surface area contributed by atoms with Crippen molar-refractivity contribution < 1.29 is 4.74 Å². The first-order chi connectivity index (χ1) is 8.19. The molecule has 2 rings (SSSR count). The van der Waals surface area contributed by atoms with Crippen molar-refractivity contribution in [2.45, 2.75) is 9.79 Å². The van der Waals surface area contributed by atoms with E-state index in [4.69, 9.17) is 22.1 Å². The van der Waals surface area contributed by atoms with Gasteiger partial charge >= 0.3 is 0 Å². The highest BCUT2D eigenvalue weighted by atomic mass is 35.5. The Labute approximate surface area is 110 Å². The molecule has 88 valence electrons. The van der Waals surface area contributed by atoms with E-state index >= 15 is 0 Å². The van der Waals surface area contributed by atoms with Gasteiger partial charge in [-0.1, -0.05) is 23.4 Å². The average Bonchev–Trinajstić information content (AvgIpc) is 2.35. The molecule has 0 saturated carbocycles. The number of nitrogen functional groups attached to an aromatic ring is 1. The molecule has 0 aromatic heterocycles. The van der Waals surface area contributed by atoms with Crippen molar-refractivity contribution in [1.82, 2.24) is 0 Å². The van der Waals surface area contributed by atoms with E-state index in [1.165, 1.54) is 0 Å². The lowest BCUT2D eigenvalue weighted by Gasteiger charge is -2.05. The number of nitrogens with two attached hydrogens (primary N) is 1. The summed E-state index contributed by atoms with van der Waals surface area (Å²) in [5.74, 6) is 0.852. The van der Waals surface area contributed by atoms with E-state index in [1.807, 2.05) is 42.5 Å². The monoisotopic (exact) mass is 265 g/mol. The molecule has 2 aromatic rings. The number of hydrogen-bond donors (Lipinski definition) is 1. The summed E-state index contributed by atoms with van der Waals surface area (Å²) < 4.78 is 5.11. The highest BCUT2D eigenvalue weighted by molar-refractivity contribution is 7.99. The fourth-order valence-corrected chi connectivity index (χ4v) is 2.35. The minimum atomic E-state index is 0.587. The highest BCUT2D eigenvalue weighted by Crippen LogP contribution is 2.32. The topological polar surface area (TPSA) is 35.2 Å². The Morgan fingerprint density at radius 2 is 1.71 bits per heavy atom. The normalized spacial score (nSPS) is 10.2. The van der Waals surface area contributed by atoms with E-state index in [9.17, 15) is 0 Å². The molecule has 0 aliphatic rings. The van der Waals surface area contributed by atoms with Crippen LogP contribution in [0.15, 0.2) is 52.3 Å². The van der Waals surface area contributed by atoms with E-state index in [1.54, 1.807) is 18.9 Å². The summed E-state index contributed by atoms with van der Waals surface area (Å²) in [7, 11) is 1.65. The smallest absolute Gasteiger partial charge is 0.118 e.